The van der Waals surface area contributed by atoms with E-state index in [2.05, 4.69) is 5.32 Å². The van der Waals surface area contributed by atoms with Crippen molar-refractivity contribution in [3.8, 4) is 0 Å². The zero-order chi connectivity index (χ0) is 14.9. The predicted octanol–water partition coefficient (Wildman–Crippen LogP) is 2.26. The number of hydrogen-bond acceptors (Lipinski definition) is 4. The summed E-state index contributed by atoms with van der Waals surface area (Å²) in [6, 6.07) is 2.17. The minimum atomic E-state index is -3.47. The summed E-state index contributed by atoms with van der Waals surface area (Å²) in [7, 11) is -3.47. The Morgan fingerprint density at radius 2 is 2.10 bits per heavy atom. The van der Waals surface area contributed by atoms with Crippen molar-refractivity contribution in [2.75, 3.05) is 6.54 Å². The average Bonchev–Trinajstić information content (AvgIpc) is 3.09. The molecule has 0 unspecified atom stereocenters. The Kier molecular flexibility index (Phi) is 4.56. The van der Waals surface area contributed by atoms with Crippen LogP contribution in [0.1, 0.15) is 45.1 Å². The van der Waals surface area contributed by atoms with Crippen LogP contribution in [0.4, 0.5) is 0 Å². The van der Waals surface area contributed by atoms with E-state index < -0.39 is 10.0 Å². The van der Waals surface area contributed by atoms with Crippen molar-refractivity contribution in [1.29, 1.82) is 0 Å². The standard InChI is InChI=1S/C14H24N2O3S/c1-5-16(10(2)3)20(17,18)14-8-13(19-11(14)4)9-15-12-6-7-12/h8,10,12,15H,5-7,9H2,1-4H3. The molecule has 5 nitrogen and oxygen atoms in total. The normalized spacial score (nSPS) is 16.3. The molecule has 1 aromatic heterocycles. The van der Waals surface area contributed by atoms with Gasteiger partial charge in [0.25, 0.3) is 0 Å². The minimum absolute atomic E-state index is 0.0626. The van der Waals surface area contributed by atoms with Gasteiger partial charge in [0, 0.05) is 24.7 Å². The van der Waals surface area contributed by atoms with E-state index in [4.69, 9.17) is 4.42 Å². The zero-order valence-corrected chi connectivity index (χ0v) is 13.5. The third-order valence-electron chi connectivity index (χ3n) is 3.54. The first kappa shape index (κ1) is 15.5. The summed E-state index contributed by atoms with van der Waals surface area (Å²) in [6.07, 6.45) is 2.39. The van der Waals surface area contributed by atoms with E-state index in [1.54, 1.807) is 13.0 Å². The molecule has 0 aliphatic heterocycles. The fraction of sp³-hybridized carbons (Fsp3) is 0.714. The number of sulfonamides is 1. The van der Waals surface area contributed by atoms with Crippen LogP contribution >= 0.6 is 0 Å². The Labute approximate surface area is 121 Å². The van der Waals surface area contributed by atoms with E-state index in [9.17, 15) is 8.42 Å². The largest absolute Gasteiger partial charge is 0.464 e. The van der Waals surface area contributed by atoms with Crippen LogP contribution in [0, 0.1) is 6.92 Å². The van der Waals surface area contributed by atoms with E-state index in [0.29, 0.717) is 35.5 Å². The highest BCUT2D eigenvalue weighted by atomic mass is 32.2. The summed E-state index contributed by atoms with van der Waals surface area (Å²) in [5, 5.41) is 3.33. The number of nitrogens with zero attached hydrogens (tertiary/aromatic N) is 1. The molecule has 0 radical (unpaired) electrons. The van der Waals surface area contributed by atoms with E-state index >= 15 is 0 Å². The Hall–Kier alpha value is -0.850. The fourth-order valence-corrected chi connectivity index (χ4v) is 4.17. The second-order valence-corrected chi connectivity index (χ2v) is 7.45. The minimum Gasteiger partial charge on any atom is -0.464 e. The van der Waals surface area contributed by atoms with E-state index in [1.165, 1.54) is 17.1 Å². The topological polar surface area (TPSA) is 62.6 Å². The molecule has 1 saturated carbocycles. The van der Waals surface area contributed by atoms with Gasteiger partial charge in [0.05, 0.1) is 6.54 Å². The number of furan rings is 1. The van der Waals surface area contributed by atoms with E-state index in [-0.39, 0.29) is 6.04 Å². The molecule has 1 fully saturated rings. The molecule has 1 N–H and O–H groups in total. The van der Waals surface area contributed by atoms with E-state index in [0.717, 1.165) is 0 Å². The van der Waals surface area contributed by atoms with Crippen molar-refractivity contribution >= 4 is 10.0 Å². The maximum atomic E-state index is 12.6. The lowest BCUT2D eigenvalue weighted by atomic mass is 10.4. The van der Waals surface area contributed by atoms with Gasteiger partial charge in [0.1, 0.15) is 16.4 Å². The zero-order valence-electron chi connectivity index (χ0n) is 12.6. The van der Waals surface area contributed by atoms with E-state index in [1.807, 2.05) is 20.8 Å². The van der Waals surface area contributed by atoms with Crippen LogP contribution in [0.25, 0.3) is 0 Å². The van der Waals surface area contributed by atoms with Gasteiger partial charge < -0.3 is 9.73 Å². The quantitative estimate of drug-likeness (QED) is 0.839. The highest BCUT2D eigenvalue weighted by molar-refractivity contribution is 7.89. The monoisotopic (exact) mass is 300 g/mol. The lowest BCUT2D eigenvalue weighted by Crippen LogP contribution is -2.36. The Morgan fingerprint density at radius 3 is 2.60 bits per heavy atom. The van der Waals surface area contributed by atoms with Crippen molar-refractivity contribution < 1.29 is 12.8 Å². The van der Waals surface area contributed by atoms with Gasteiger partial charge in [-0.3, -0.25) is 0 Å². The average molecular weight is 300 g/mol. The Bertz CT molecular complexity index is 559. The first-order valence-corrected chi connectivity index (χ1v) is 8.64. The first-order valence-electron chi connectivity index (χ1n) is 7.20. The summed E-state index contributed by atoms with van der Waals surface area (Å²) >= 11 is 0. The summed E-state index contributed by atoms with van der Waals surface area (Å²) in [4.78, 5) is 0.292. The number of aryl methyl sites for hydroxylation is 1. The molecule has 0 saturated heterocycles. The van der Waals surface area contributed by atoms with Crippen LogP contribution in [-0.4, -0.2) is 31.4 Å². The van der Waals surface area contributed by atoms with Gasteiger partial charge in [-0.05, 0) is 33.6 Å². The Morgan fingerprint density at radius 1 is 1.45 bits per heavy atom. The molecule has 2 rings (SSSR count). The third kappa shape index (κ3) is 3.24. The molecule has 114 valence electrons. The van der Waals surface area contributed by atoms with Gasteiger partial charge in [-0.1, -0.05) is 6.92 Å². The van der Waals surface area contributed by atoms with Crippen molar-refractivity contribution in [3.63, 3.8) is 0 Å². The summed E-state index contributed by atoms with van der Waals surface area (Å²) in [5.41, 5.74) is 0. The Balaban J connectivity index is 2.21. The molecule has 1 heterocycles. The smallest absolute Gasteiger partial charge is 0.246 e. The van der Waals surface area contributed by atoms with Crippen LogP contribution in [0.3, 0.4) is 0 Å². The maximum Gasteiger partial charge on any atom is 0.246 e. The first-order chi connectivity index (χ1) is 9.36. The highest BCUT2D eigenvalue weighted by Gasteiger charge is 2.30. The lowest BCUT2D eigenvalue weighted by Gasteiger charge is -2.23. The second kappa shape index (κ2) is 5.87. The van der Waals surface area contributed by atoms with Gasteiger partial charge in [-0.25, -0.2) is 8.42 Å². The molecule has 6 heteroatoms. The SMILES string of the molecule is CCN(C(C)C)S(=O)(=O)c1cc(CNC2CC2)oc1C. The van der Waals surface area contributed by atoms with Gasteiger partial charge in [-0.2, -0.15) is 4.31 Å². The predicted molar refractivity (Wildman–Crippen MR) is 78.0 cm³/mol. The molecule has 0 atom stereocenters. The lowest BCUT2D eigenvalue weighted by molar-refractivity contribution is 0.368. The van der Waals surface area contributed by atoms with Crippen LogP contribution in [0.5, 0.6) is 0 Å². The van der Waals surface area contributed by atoms with Gasteiger partial charge >= 0.3 is 0 Å². The molecule has 1 aliphatic carbocycles. The molecule has 0 aromatic carbocycles. The van der Waals surface area contributed by atoms with Gasteiger partial charge in [0.15, 0.2) is 0 Å². The number of rotatable bonds is 7. The van der Waals surface area contributed by atoms with Crippen LogP contribution < -0.4 is 5.32 Å². The van der Waals surface area contributed by atoms with Crippen molar-refractivity contribution in [1.82, 2.24) is 9.62 Å². The summed E-state index contributed by atoms with van der Waals surface area (Å²) < 4.78 is 32.3. The summed E-state index contributed by atoms with van der Waals surface area (Å²) in [5.74, 6) is 1.16. The van der Waals surface area contributed by atoms with Crippen molar-refractivity contribution in [2.45, 2.75) is 64.1 Å². The number of hydrogen-bond donors (Lipinski definition) is 1. The molecule has 0 spiro atoms. The molecule has 0 amide bonds. The molecule has 20 heavy (non-hydrogen) atoms. The van der Waals surface area contributed by atoms with Crippen molar-refractivity contribution in [3.05, 3.63) is 17.6 Å². The molecule has 0 bridgehead atoms. The summed E-state index contributed by atoms with van der Waals surface area (Å²) in [6.45, 7) is 8.37. The second-order valence-electron chi connectivity index (χ2n) is 5.59. The third-order valence-corrected chi connectivity index (χ3v) is 5.80. The highest BCUT2D eigenvalue weighted by Crippen LogP contribution is 2.26. The van der Waals surface area contributed by atoms with Gasteiger partial charge in [-0.15, -0.1) is 0 Å². The maximum absolute atomic E-state index is 12.6. The van der Waals surface area contributed by atoms with Crippen LogP contribution in [-0.2, 0) is 16.6 Å². The fourth-order valence-electron chi connectivity index (χ4n) is 2.34. The van der Waals surface area contributed by atoms with Gasteiger partial charge in [0.2, 0.25) is 10.0 Å². The molecular formula is C14H24N2O3S. The molecule has 1 aromatic rings. The van der Waals surface area contributed by atoms with Crippen LogP contribution in [0.15, 0.2) is 15.4 Å². The van der Waals surface area contributed by atoms with Crippen molar-refractivity contribution in [2.24, 2.45) is 0 Å². The molecular weight excluding hydrogens is 276 g/mol. The molecule has 1 aliphatic rings. The number of nitrogens with one attached hydrogen (secondary N) is 1. The van der Waals surface area contributed by atoms with Crippen LogP contribution in [0.2, 0.25) is 0 Å².